The van der Waals surface area contributed by atoms with Crippen LogP contribution in [0.1, 0.15) is 31.2 Å². The quantitative estimate of drug-likeness (QED) is 0.922. The van der Waals surface area contributed by atoms with Crippen molar-refractivity contribution in [1.29, 1.82) is 0 Å². The molecular weight excluding hydrogens is 286 g/mol. The molecular formula is C19H27N3O. The minimum absolute atomic E-state index is 0.131. The second-order valence-electron chi connectivity index (χ2n) is 6.85. The van der Waals surface area contributed by atoms with Crippen LogP contribution in [0.2, 0.25) is 0 Å². The van der Waals surface area contributed by atoms with Crippen LogP contribution in [-0.4, -0.2) is 39.5 Å². The molecule has 4 heteroatoms. The third-order valence-corrected chi connectivity index (χ3v) is 4.81. The smallest absolute Gasteiger partial charge is 0.0968 e. The van der Waals surface area contributed by atoms with Crippen LogP contribution in [0.5, 0.6) is 0 Å². The normalized spacial score (nSPS) is 21.7. The molecule has 1 aromatic carbocycles. The zero-order valence-electron chi connectivity index (χ0n) is 14.2. The minimum atomic E-state index is -0.131. The minimum Gasteiger partial charge on any atom is -0.393 e. The van der Waals surface area contributed by atoms with Crippen molar-refractivity contribution in [3.05, 3.63) is 42.1 Å². The highest BCUT2D eigenvalue weighted by molar-refractivity contribution is 5.62. The van der Waals surface area contributed by atoms with Crippen molar-refractivity contribution >= 4 is 0 Å². The van der Waals surface area contributed by atoms with Gasteiger partial charge in [-0.1, -0.05) is 43.2 Å². The van der Waals surface area contributed by atoms with Crippen molar-refractivity contribution < 1.29 is 5.11 Å². The van der Waals surface area contributed by atoms with E-state index in [2.05, 4.69) is 47.5 Å². The molecule has 1 aliphatic carbocycles. The van der Waals surface area contributed by atoms with E-state index in [0.717, 1.165) is 37.2 Å². The summed E-state index contributed by atoms with van der Waals surface area (Å²) in [6, 6.07) is 10.3. The highest BCUT2D eigenvalue weighted by atomic mass is 16.3. The zero-order valence-corrected chi connectivity index (χ0v) is 14.2. The summed E-state index contributed by atoms with van der Waals surface area (Å²) >= 11 is 0. The molecule has 4 nitrogen and oxygen atoms in total. The SMILES string of the molecule is CN(Cc1cn(C)nc1-c1ccccc1)CC1CCCCC1O. The monoisotopic (exact) mass is 313 g/mol. The summed E-state index contributed by atoms with van der Waals surface area (Å²) in [6.45, 7) is 1.81. The summed E-state index contributed by atoms with van der Waals surface area (Å²) in [5.41, 5.74) is 3.46. The lowest BCUT2D eigenvalue weighted by molar-refractivity contribution is 0.0502. The summed E-state index contributed by atoms with van der Waals surface area (Å²) < 4.78 is 1.89. The van der Waals surface area contributed by atoms with Gasteiger partial charge in [-0.3, -0.25) is 4.68 Å². The van der Waals surface area contributed by atoms with Gasteiger partial charge in [0.1, 0.15) is 0 Å². The maximum atomic E-state index is 10.2. The summed E-state index contributed by atoms with van der Waals surface area (Å²) in [6.07, 6.45) is 6.49. The van der Waals surface area contributed by atoms with Crippen LogP contribution in [-0.2, 0) is 13.6 Å². The van der Waals surface area contributed by atoms with Crippen molar-refractivity contribution in [3.63, 3.8) is 0 Å². The van der Waals surface area contributed by atoms with E-state index in [0.29, 0.717) is 5.92 Å². The molecule has 0 aliphatic heterocycles. The molecule has 0 radical (unpaired) electrons. The number of aromatic nitrogens is 2. The lowest BCUT2D eigenvalue weighted by atomic mass is 9.86. The van der Waals surface area contributed by atoms with Crippen LogP contribution >= 0.6 is 0 Å². The molecule has 0 amide bonds. The molecule has 0 bridgehead atoms. The topological polar surface area (TPSA) is 41.3 Å². The first-order chi connectivity index (χ1) is 11.1. The molecule has 2 aromatic rings. The highest BCUT2D eigenvalue weighted by Crippen LogP contribution is 2.27. The molecule has 23 heavy (non-hydrogen) atoms. The number of aryl methyl sites for hydroxylation is 1. The van der Waals surface area contributed by atoms with Gasteiger partial charge in [-0.25, -0.2) is 0 Å². The summed E-state index contributed by atoms with van der Waals surface area (Å²) in [5, 5.41) is 14.8. The van der Waals surface area contributed by atoms with Crippen molar-refractivity contribution in [2.75, 3.05) is 13.6 Å². The average Bonchev–Trinajstić information content (AvgIpc) is 2.91. The van der Waals surface area contributed by atoms with Crippen LogP contribution in [0.15, 0.2) is 36.5 Å². The largest absolute Gasteiger partial charge is 0.393 e. The fourth-order valence-corrected chi connectivity index (χ4v) is 3.65. The molecule has 1 aliphatic rings. The molecule has 1 N–H and O–H groups in total. The van der Waals surface area contributed by atoms with E-state index in [9.17, 15) is 5.11 Å². The van der Waals surface area contributed by atoms with E-state index < -0.39 is 0 Å². The zero-order chi connectivity index (χ0) is 16.2. The second-order valence-corrected chi connectivity index (χ2v) is 6.85. The maximum absolute atomic E-state index is 10.2. The Kier molecular flexibility index (Phi) is 5.13. The lowest BCUT2D eigenvalue weighted by Gasteiger charge is -2.31. The van der Waals surface area contributed by atoms with Crippen LogP contribution in [0.4, 0.5) is 0 Å². The fourth-order valence-electron chi connectivity index (χ4n) is 3.65. The number of rotatable bonds is 5. The van der Waals surface area contributed by atoms with Crippen molar-refractivity contribution in [1.82, 2.24) is 14.7 Å². The van der Waals surface area contributed by atoms with Gasteiger partial charge in [0.2, 0.25) is 0 Å². The first-order valence-corrected chi connectivity index (χ1v) is 8.58. The van der Waals surface area contributed by atoms with Crippen molar-refractivity contribution in [2.24, 2.45) is 13.0 Å². The van der Waals surface area contributed by atoms with Gasteiger partial charge in [-0.05, 0) is 25.8 Å². The van der Waals surface area contributed by atoms with Crippen molar-refractivity contribution in [3.8, 4) is 11.3 Å². The van der Waals surface area contributed by atoms with Gasteiger partial charge >= 0.3 is 0 Å². The van der Waals surface area contributed by atoms with Gasteiger partial charge in [-0.15, -0.1) is 0 Å². The summed E-state index contributed by atoms with van der Waals surface area (Å²) in [4.78, 5) is 2.32. The first kappa shape index (κ1) is 16.2. The van der Waals surface area contributed by atoms with Crippen LogP contribution in [0.3, 0.4) is 0 Å². The maximum Gasteiger partial charge on any atom is 0.0968 e. The number of hydrogen-bond donors (Lipinski definition) is 1. The van der Waals surface area contributed by atoms with Gasteiger partial charge in [0.05, 0.1) is 11.8 Å². The number of aliphatic hydroxyl groups is 1. The molecule has 124 valence electrons. The Morgan fingerprint density at radius 2 is 1.96 bits per heavy atom. The predicted octanol–water partition coefficient (Wildman–Crippen LogP) is 3.07. The van der Waals surface area contributed by atoms with E-state index in [1.54, 1.807) is 0 Å². The number of benzene rings is 1. The fraction of sp³-hybridized carbons (Fsp3) is 0.526. The van der Waals surface area contributed by atoms with E-state index in [-0.39, 0.29) is 6.10 Å². The number of hydrogen-bond acceptors (Lipinski definition) is 3. The molecule has 1 fully saturated rings. The van der Waals surface area contributed by atoms with E-state index >= 15 is 0 Å². The standard InChI is InChI=1S/C19H27N3O/c1-21(12-16-10-6-7-11-18(16)23)13-17-14-22(2)20-19(17)15-8-4-3-5-9-15/h3-5,8-9,14,16,18,23H,6-7,10-13H2,1-2H3. The number of nitrogens with zero attached hydrogens (tertiary/aromatic N) is 3. The van der Waals surface area contributed by atoms with Crippen LogP contribution in [0.25, 0.3) is 11.3 Å². The second kappa shape index (κ2) is 7.28. The average molecular weight is 313 g/mol. The third-order valence-electron chi connectivity index (χ3n) is 4.81. The summed E-state index contributed by atoms with van der Waals surface area (Å²) in [7, 11) is 4.12. The Hall–Kier alpha value is -1.65. The molecule has 2 atom stereocenters. The molecule has 3 rings (SSSR count). The Balaban J connectivity index is 1.70. The predicted molar refractivity (Wildman–Crippen MR) is 92.9 cm³/mol. The molecule has 2 unspecified atom stereocenters. The van der Waals surface area contributed by atoms with E-state index in [1.165, 1.54) is 18.4 Å². The highest BCUT2D eigenvalue weighted by Gasteiger charge is 2.24. The molecule has 1 saturated carbocycles. The van der Waals surface area contributed by atoms with Gasteiger partial charge in [-0.2, -0.15) is 5.10 Å². The van der Waals surface area contributed by atoms with Crippen molar-refractivity contribution in [2.45, 2.75) is 38.3 Å². The van der Waals surface area contributed by atoms with Gasteiger partial charge in [0.15, 0.2) is 0 Å². The Morgan fingerprint density at radius 1 is 1.22 bits per heavy atom. The van der Waals surface area contributed by atoms with Crippen LogP contribution in [0, 0.1) is 5.92 Å². The lowest BCUT2D eigenvalue weighted by Crippen LogP contribution is -2.34. The Bertz CT molecular complexity index is 623. The molecule has 0 spiro atoms. The van der Waals surface area contributed by atoms with E-state index in [1.807, 2.05) is 17.8 Å². The summed E-state index contributed by atoms with van der Waals surface area (Å²) in [5.74, 6) is 0.408. The van der Waals surface area contributed by atoms with Gasteiger partial charge in [0, 0.05) is 37.5 Å². The first-order valence-electron chi connectivity index (χ1n) is 8.58. The Labute approximate surface area is 138 Å². The molecule has 1 aromatic heterocycles. The van der Waals surface area contributed by atoms with Gasteiger partial charge < -0.3 is 10.0 Å². The van der Waals surface area contributed by atoms with E-state index in [4.69, 9.17) is 0 Å². The third kappa shape index (κ3) is 4.01. The van der Waals surface area contributed by atoms with Crippen LogP contribution < -0.4 is 0 Å². The Morgan fingerprint density at radius 3 is 2.70 bits per heavy atom. The number of aliphatic hydroxyl groups excluding tert-OH is 1. The molecule has 0 saturated heterocycles. The van der Waals surface area contributed by atoms with Gasteiger partial charge in [0.25, 0.3) is 0 Å². The molecule has 1 heterocycles.